The highest BCUT2D eigenvalue weighted by Gasteiger charge is 2.28. The standard InChI is InChI=1S/C22H27N7O/c1-24-17-8-3-4-11-18(17)29(2)19-13-26-20(21(23)30)22(28-19)27-16-10-5-9-15-14(16)7-6-12-25-15/h5-7,9-10,12-13,17-18,24H,3-4,8,11H2,1-2H3,(H2,23,30)(H,27,28). The van der Waals surface area contributed by atoms with Crippen LogP contribution in [0.2, 0.25) is 0 Å². The first-order chi connectivity index (χ1) is 14.6. The number of anilines is 3. The van der Waals surface area contributed by atoms with Crippen LogP contribution >= 0.6 is 0 Å². The molecule has 2 aromatic heterocycles. The largest absolute Gasteiger partial charge is 0.364 e. The Balaban J connectivity index is 1.70. The molecule has 156 valence electrons. The van der Waals surface area contributed by atoms with Crippen molar-refractivity contribution >= 4 is 34.1 Å². The zero-order valence-corrected chi connectivity index (χ0v) is 17.3. The fraction of sp³-hybridized carbons (Fsp3) is 0.364. The number of hydrogen-bond donors (Lipinski definition) is 3. The molecule has 1 aromatic carbocycles. The van der Waals surface area contributed by atoms with Gasteiger partial charge >= 0.3 is 0 Å². The highest BCUT2D eigenvalue weighted by atomic mass is 16.1. The number of carbonyl (C=O) groups is 1. The fourth-order valence-electron chi connectivity index (χ4n) is 4.24. The molecule has 0 saturated heterocycles. The van der Waals surface area contributed by atoms with Gasteiger partial charge in [0.25, 0.3) is 5.91 Å². The zero-order valence-electron chi connectivity index (χ0n) is 17.3. The average Bonchev–Trinajstić information content (AvgIpc) is 2.78. The van der Waals surface area contributed by atoms with Crippen LogP contribution in [-0.2, 0) is 0 Å². The molecular formula is C22H27N7O. The van der Waals surface area contributed by atoms with Crippen LogP contribution < -0.4 is 21.3 Å². The van der Waals surface area contributed by atoms with E-state index < -0.39 is 5.91 Å². The summed E-state index contributed by atoms with van der Waals surface area (Å²) in [5, 5.41) is 7.62. The molecule has 1 amide bonds. The van der Waals surface area contributed by atoms with Crippen LogP contribution in [0.1, 0.15) is 36.2 Å². The molecule has 1 aliphatic carbocycles. The minimum atomic E-state index is -0.622. The molecule has 30 heavy (non-hydrogen) atoms. The summed E-state index contributed by atoms with van der Waals surface area (Å²) >= 11 is 0. The van der Waals surface area contributed by atoms with Crippen molar-refractivity contribution in [2.24, 2.45) is 5.73 Å². The Hall–Kier alpha value is -3.26. The molecule has 4 N–H and O–H groups in total. The van der Waals surface area contributed by atoms with Gasteiger partial charge in [0.2, 0.25) is 0 Å². The number of nitrogens with two attached hydrogens (primary N) is 1. The van der Waals surface area contributed by atoms with Crippen LogP contribution in [0, 0.1) is 0 Å². The molecule has 4 rings (SSSR count). The van der Waals surface area contributed by atoms with Crippen molar-refractivity contribution in [1.82, 2.24) is 20.3 Å². The molecule has 3 aromatic rings. The van der Waals surface area contributed by atoms with E-state index in [9.17, 15) is 4.79 Å². The summed E-state index contributed by atoms with van der Waals surface area (Å²) in [6.07, 6.45) is 8.00. The van der Waals surface area contributed by atoms with Crippen LogP contribution in [0.25, 0.3) is 10.9 Å². The molecule has 1 saturated carbocycles. The molecule has 2 unspecified atom stereocenters. The first kappa shape index (κ1) is 20.0. The zero-order chi connectivity index (χ0) is 21.1. The summed E-state index contributed by atoms with van der Waals surface area (Å²) in [6.45, 7) is 0. The molecule has 8 heteroatoms. The predicted octanol–water partition coefficient (Wildman–Crippen LogP) is 2.83. The van der Waals surface area contributed by atoms with Gasteiger partial charge in [-0.2, -0.15) is 0 Å². The molecule has 1 fully saturated rings. The van der Waals surface area contributed by atoms with Crippen molar-refractivity contribution in [1.29, 1.82) is 0 Å². The Morgan fingerprint density at radius 2 is 2.00 bits per heavy atom. The van der Waals surface area contributed by atoms with Gasteiger partial charge in [-0.15, -0.1) is 0 Å². The molecule has 1 aliphatic rings. The molecule has 2 heterocycles. The van der Waals surface area contributed by atoms with Crippen molar-refractivity contribution in [3.05, 3.63) is 48.4 Å². The Morgan fingerprint density at radius 1 is 1.17 bits per heavy atom. The van der Waals surface area contributed by atoms with E-state index in [1.165, 1.54) is 12.8 Å². The van der Waals surface area contributed by atoms with Crippen molar-refractivity contribution < 1.29 is 4.79 Å². The van der Waals surface area contributed by atoms with E-state index >= 15 is 0 Å². The Kier molecular flexibility index (Phi) is 5.76. The second-order valence-electron chi connectivity index (χ2n) is 7.65. The van der Waals surface area contributed by atoms with Gasteiger partial charge in [-0.25, -0.2) is 9.97 Å². The Morgan fingerprint density at radius 3 is 2.80 bits per heavy atom. The van der Waals surface area contributed by atoms with Gasteiger partial charge in [0.15, 0.2) is 11.5 Å². The molecule has 2 atom stereocenters. The van der Waals surface area contributed by atoms with Crippen LogP contribution in [0.15, 0.2) is 42.7 Å². The number of fused-ring (bicyclic) bond motifs is 1. The molecule has 0 bridgehead atoms. The molecular weight excluding hydrogens is 378 g/mol. The molecule has 8 nitrogen and oxygen atoms in total. The number of nitrogens with one attached hydrogen (secondary N) is 2. The minimum absolute atomic E-state index is 0.113. The number of pyridine rings is 1. The Labute approximate surface area is 175 Å². The Bertz CT molecular complexity index is 1050. The molecule has 0 aliphatic heterocycles. The van der Waals surface area contributed by atoms with E-state index in [1.54, 1.807) is 12.4 Å². The van der Waals surface area contributed by atoms with Gasteiger partial charge in [0, 0.05) is 36.4 Å². The predicted molar refractivity (Wildman–Crippen MR) is 119 cm³/mol. The highest BCUT2D eigenvalue weighted by molar-refractivity contribution is 5.99. The number of primary amides is 1. The number of likely N-dealkylation sites (N-methyl/N-ethyl adjacent to an activating group) is 2. The molecule has 0 spiro atoms. The van der Waals surface area contributed by atoms with Gasteiger partial charge in [-0.1, -0.05) is 18.9 Å². The van der Waals surface area contributed by atoms with E-state index in [-0.39, 0.29) is 5.69 Å². The van der Waals surface area contributed by atoms with Crippen LogP contribution in [0.5, 0.6) is 0 Å². The maximum absolute atomic E-state index is 12.0. The lowest BCUT2D eigenvalue weighted by Crippen LogP contribution is -2.49. The number of aromatic nitrogens is 3. The maximum atomic E-state index is 12.0. The lowest BCUT2D eigenvalue weighted by molar-refractivity contribution is 0.0996. The topological polar surface area (TPSA) is 109 Å². The van der Waals surface area contributed by atoms with E-state index in [0.29, 0.717) is 23.7 Å². The van der Waals surface area contributed by atoms with Crippen molar-refractivity contribution in [2.45, 2.75) is 37.8 Å². The average molecular weight is 406 g/mol. The van der Waals surface area contributed by atoms with Gasteiger partial charge in [-0.05, 0) is 44.2 Å². The van der Waals surface area contributed by atoms with E-state index in [1.807, 2.05) is 44.4 Å². The second kappa shape index (κ2) is 8.62. The molecule has 0 radical (unpaired) electrons. The fourth-order valence-corrected chi connectivity index (χ4v) is 4.24. The SMILES string of the molecule is CNC1CCCCC1N(C)c1cnc(C(N)=O)c(Nc2cccc3ncccc23)n1. The normalized spacial score (nSPS) is 18.9. The summed E-state index contributed by atoms with van der Waals surface area (Å²) < 4.78 is 0. The smallest absolute Gasteiger partial charge is 0.271 e. The lowest BCUT2D eigenvalue weighted by Gasteiger charge is -2.38. The van der Waals surface area contributed by atoms with Crippen LogP contribution in [-0.4, -0.2) is 47.0 Å². The van der Waals surface area contributed by atoms with Gasteiger partial charge in [-0.3, -0.25) is 9.78 Å². The minimum Gasteiger partial charge on any atom is -0.364 e. The quantitative estimate of drug-likeness (QED) is 0.578. The highest BCUT2D eigenvalue weighted by Crippen LogP contribution is 2.29. The summed E-state index contributed by atoms with van der Waals surface area (Å²) in [4.78, 5) is 27.6. The number of benzene rings is 1. The lowest BCUT2D eigenvalue weighted by atomic mass is 9.89. The summed E-state index contributed by atoms with van der Waals surface area (Å²) in [5.41, 5.74) is 7.33. The number of rotatable bonds is 6. The number of nitrogens with zero attached hydrogens (tertiary/aromatic N) is 4. The van der Waals surface area contributed by atoms with Crippen LogP contribution in [0.4, 0.5) is 17.3 Å². The van der Waals surface area contributed by atoms with Crippen molar-refractivity contribution in [3.63, 3.8) is 0 Å². The van der Waals surface area contributed by atoms with E-state index in [2.05, 4.69) is 25.5 Å². The third kappa shape index (κ3) is 3.91. The van der Waals surface area contributed by atoms with Gasteiger partial charge < -0.3 is 21.3 Å². The first-order valence-corrected chi connectivity index (χ1v) is 10.3. The number of carbonyl (C=O) groups excluding carboxylic acids is 1. The van der Waals surface area contributed by atoms with Crippen LogP contribution in [0.3, 0.4) is 0 Å². The van der Waals surface area contributed by atoms with E-state index in [4.69, 9.17) is 10.7 Å². The third-order valence-corrected chi connectivity index (χ3v) is 5.85. The monoisotopic (exact) mass is 405 g/mol. The number of hydrogen-bond acceptors (Lipinski definition) is 7. The van der Waals surface area contributed by atoms with Gasteiger partial charge in [0.05, 0.1) is 11.7 Å². The van der Waals surface area contributed by atoms with Crippen molar-refractivity contribution in [3.8, 4) is 0 Å². The summed E-state index contributed by atoms with van der Waals surface area (Å²) in [5.74, 6) is 0.427. The number of amides is 1. The van der Waals surface area contributed by atoms with Gasteiger partial charge in [0.1, 0.15) is 5.82 Å². The first-order valence-electron chi connectivity index (χ1n) is 10.3. The van der Waals surface area contributed by atoms with E-state index in [0.717, 1.165) is 29.4 Å². The summed E-state index contributed by atoms with van der Waals surface area (Å²) in [6, 6.07) is 10.3. The summed E-state index contributed by atoms with van der Waals surface area (Å²) in [7, 11) is 4.03. The van der Waals surface area contributed by atoms with Crippen molar-refractivity contribution in [2.75, 3.05) is 24.3 Å². The third-order valence-electron chi connectivity index (χ3n) is 5.85. The maximum Gasteiger partial charge on any atom is 0.271 e. The second-order valence-corrected chi connectivity index (χ2v) is 7.65.